The number of hydrogen-bond donors (Lipinski definition) is 0. The Balaban J connectivity index is 2.00. The topological polar surface area (TPSA) is 27.1 Å². The van der Waals surface area contributed by atoms with Gasteiger partial charge in [-0.3, -0.25) is 0 Å². The van der Waals surface area contributed by atoms with Crippen LogP contribution in [0.5, 0.6) is 0 Å². The molecule has 0 fully saturated rings. The van der Waals surface area contributed by atoms with E-state index in [0.717, 1.165) is 28.1 Å². The maximum atomic E-state index is 12.1. The van der Waals surface area contributed by atoms with Crippen molar-refractivity contribution in [3.05, 3.63) is 109 Å². The SMILES string of the molecule is CO/C=C/c1cnn(-c2ccc(-c3ccccc3)cc2)c1/C(C)=C/C=C\C=C\F. The lowest BCUT2D eigenvalue weighted by atomic mass is 10.1. The van der Waals surface area contributed by atoms with Gasteiger partial charge in [0, 0.05) is 5.56 Å². The van der Waals surface area contributed by atoms with Gasteiger partial charge >= 0.3 is 0 Å². The molecule has 1 heterocycles. The van der Waals surface area contributed by atoms with E-state index in [1.54, 1.807) is 31.7 Å². The number of allylic oxidation sites excluding steroid dienone is 5. The number of aromatic nitrogens is 2. The van der Waals surface area contributed by atoms with Crippen molar-refractivity contribution >= 4 is 11.6 Å². The van der Waals surface area contributed by atoms with Crippen molar-refractivity contribution in [2.45, 2.75) is 6.92 Å². The van der Waals surface area contributed by atoms with E-state index in [0.29, 0.717) is 6.33 Å². The summed E-state index contributed by atoms with van der Waals surface area (Å²) >= 11 is 0. The van der Waals surface area contributed by atoms with Crippen molar-refractivity contribution in [2.75, 3.05) is 7.11 Å². The highest BCUT2D eigenvalue weighted by Crippen LogP contribution is 2.26. The number of nitrogens with zero attached hydrogens (tertiary/aromatic N) is 2. The lowest BCUT2D eigenvalue weighted by molar-refractivity contribution is 0.341. The largest absolute Gasteiger partial charge is 0.504 e. The minimum atomic E-state index is 0.505. The summed E-state index contributed by atoms with van der Waals surface area (Å²) in [6, 6.07) is 18.5. The number of methoxy groups -OCH3 is 1. The second kappa shape index (κ2) is 10.0. The molecule has 2 aromatic carbocycles. The summed E-state index contributed by atoms with van der Waals surface area (Å²) in [5.41, 5.74) is 6.15. The predicted molar refractivity (Wildman–Crippen MR) is 118 cm³/mol. The smallest absolute Gasteiger partial charge is 0.0866 e. The molecule has 0 aliphatic rings. The van der Waals surface area contributed by atoms with Gasteiger partial charge in [0.15, 0.2) is 0 Å². The molecule has 4 heteroatoms. The molecule has 146 valence electrons. The van der Waals surface area contributed by atoms with E-state index >= 15 is 0 Å². The summed E-state index contributed by atoms with van der Waals surface area (Å²) in [4.78, 5) is 0. The Hall–Kier alpha value is -3.66. The molecule has 1 aromatic heterocycles. The van der Waals surface area contributed by atoms with Crippen LogP contribution in [0, 0.1) is 0 Å². The van der Waals surface area contributed by atoms with Crippen molar-refractivity contribution in [1.29, 1.82) is 0 Å². The first-order chi connectivity index (χ1) is 14.2. The van der Waals surface area contributed by atoms with Crippen LogP contribution in [-0.4, -0.2) is 16.9 Å². The minimum absolute atomic E-state index is 0.505. The Morgan fingerprint density at radius 1 is 0.966 bits per heavy atom. The van der Waals surface area contributed by atoms with E-state index < -0.39 is 0 Å². The van der Waals surface area contributed by atoms with Gasteiger partial charge in [0.25, 0.3) is 0 Å². The Bertz CT molecular complexity index is 1040. The molecule has 0 N–H and O–H groups in total. The van der Waals surface area contributed by atoms with Gasteiger partial charge in [0.1, 0.15) is 0 Å². The molecule has 0 saturated carbocycles. The molecule has 0 amide bonds. The molecule has 3 aromatic rings. The number of hydrogen-bond acceptors (Lipinski definition) is 2. The summed E-state index contributed by atoms with van der Waals surface area (Å²) in [6.45, 7) is 2.00. The van der Waals surface area contributed by atoms with Crippen LogP contribution in [0.3, 0.4) is 0 Å². The summed E-state index contributed by atoms with van der Waals surface area (Å²) in [6.07, 6.45) is 12.5. The number of halogens is 1. The molecular formula is C25H23FN2O. The third-order valence-electron chi connectivity index (χ3n) is 4.41. The predicted octanol–water partition coefficient (Wildman–Crippen LogP) is 6.60. The van der Waals surface area contributed by atoms with Crippen LogP contribution in [0.2, 0.25) is 0 Å². The van der Waals surface area contributed by atoms with Crippen LogP contribution in [0.1, 0.15) is 18.2 Å². The molecule has 0 aliphatic heterocycles. The Morgan fingerprint density at radius 2 is 1.69 bits per heavy atom. The Morgan fingerprint density at radius 3 is 2.38 bits per heavy atom. The zero-order chi connectivity index (χ0) is 20.5. The molecule has 0 spiro atoms. The average Bonchev–Trinajstić information content (AvgIpc) is 3.20. The lowest BCUT2D eigenvalue weighted by Crippen LogP contribution is -2.01. The Kier molecular flexibility index (Phi) is 6.95. The van der Waals surface area contributed by atoms with Crippen LogP contribution in [0.25, 0.3) is 28.5 Å². The first-order valence-electron chi connectivity index (χ1n) is 9.28. The zero-order valence-electron chi connectivity index (χ0n) is 16.5. The molecule has 3 rings (SSSR count). The molecule has 0 saturated heterocycles. The number of rotatable bonds is 7. The Labute approximate surface area is 170 Å². The fourth-order valence-electron chi connectivity index (χ4n) is 3.03. The highest BCUT2D eigenvalue weighted by Gasteiger charge is 2.12. The van der Waals surface area contributed by atoms with Crippen LogP contribution < -0.4 is 0 Å². The van der Waals surface area contributed by atoms with Crippen molar-refractivity contribution in [3.8, 4) is 16.8 Å². The quantitative estimate of drug-likeness (QED) is 0.338. The fraction of sp³-hybridized carbons (Fsp3) is 0.0800. The monoisotopic (exact) mass is 386 g/mol. The minimum Gasteiger partial charge on any atom is -0.504 e. The van der Waals surface area contributed by atoms with Crippen LogP contribution in [-0.2, 0) is 4.74 Å². The molecule has 3 nitrogen and oxygen atoms in total. The first kappa shape index (κ1) is 20.1. The van der Waals surface area contributed by atoms with Crippen LogP contribution >= 0.6 is 0 Å². The number of benzene rings is 2. The second-order valence-electron chi connectivity index (χ2n) is 6.36. The van der Waals surface area contributed by atoms with Crippen LogP contribution in [0.15, 0.2) is 97.7 Å². The molecule has 0 atom stereocenters. The van der Waals surface area contributed by atoms with E-state index in [-0.39, 0.29) is 0 Å². The molecular weight excluding hydrogens is 363 g/mol. The zero-order valence-corrected chi connectivity index (χ0v) is 16.5. The van der Waals surface area contributed by atoms with Gasteiger partial charge in [0.2, 0.25) is 0 Å². The van der Waals surface area contributed by atoms with E-state index in [4.69, 9.17) is 4.74 Å². The van der Waals surface area contributed by atoms with Gasteiger partial charge in [-0.25, -0.2) is 9.07 Å². The molecule has 0 aliphatic carbocycles. The van der Waals surface area contributed by atoms with Crippen molar-refractivity contribution in [2.24, 2.45) is 0 Å². The number of ether oxygens (including phenoxy) is 1. The van der Waals surface area contributed by atoms with E-state index in [1.165, 1.54) is 11.6 Å². The highest BCUT2D eigenvalue weighted by atomic mass is 19.1. The maximum absolute atomic E-state index is 12.1. The van der Waals surface area contributed by atoms with Gasteiger partial charge in [-0.1, -0.05) is 60.7 Å². The molecule has 0 radical (unpaired) electrons. The maximum Gasteiger partial charge on any atom is 0.0866 e. The molecule has 0 bridgehead atoms. The summed E-state index contributed by atoms with van der Waals surface area (Å²) in [5.74, 6) is 0. The van der Waals surface area contributed by atoms with Crippen molar-refractivity contribution in [1.82, 2.24) is 9.78 Å². The average molecular weight is 386 g/mol. The van der Waals surface area contributed by atoms with E-state index in [2.05, 4.69) is 41.5 Å². The molecule has 29 heavy (non-hydrogen) atoms. The van der Waals surface area contributed by atoms with E-state index in [9.17, 15) is 4.39 Å². The molecule has 0 unspecified atom stereocenters. The summed E-state index contributed by atoms with van der Waals surface area (Å²) in [7, 11) is 1.61. The fourth-order valence-corrected chi connectivity index (χ4v) is 3.03. The standard InChI is InChI=1S/C25H23FN2O/c1-20(9-5-4-8-17-26)25-23(16-18-29-2)19-27-28(25)24-14-12-22(13-15-24)21-10-6-3-7-11-21/h3-19H,1-2H3/b5-4-,17-8+,18-16+,20-9+. The summed E-state index contributed by atoms with van der Waals surface area (Å²) < 4.78 is 19.1. The van der Waals surface area contributed by atoms with E-state index in [1.807, 2.05) is 42.0 Å². The van der Waals surface area contributed by atoms with Gasteiger partial charge in [-0.2, -0.15) is 5.10 Å². The summed E-state index contributed by atoms with van der Waals surface area (Å²) in [5, 5.41) is 4.58. The van der Waals surface area contributed by atoms with Gasteiger partial charge in [-0.15, -0.1) is 0 Å². The first-order valence-corrected chi connectivity index (χ1v) is 9.28. The van der Waals surface area contributed by atoms with Crippen molar-refractivity contribution in [3.63, 3.8) is 0 Å². The van der Waals surface area contributed by atoms with Crippen LogP contribution in [0.4, 0.5) is 4.39 Å². The third kappa shape index (κ3) is 4.99. The lowest BCUT2D eigenvalue weighted by Gasteiger charge is -2.10. The van der Waals surface area contributed by atoms with Gasteiger partial charge in [0.05, 0.1) is 37.3 Å². The second-order valence-corrected chi connectivity index (χ2v) is 6.36. The highest BCUT2D eigenvalue weighted by molar-refractivity contribution is 5.73. The van der Waals surface area contributed by atoms with Crippen molar-refractivity contribution < 1.29 is 9.13 Å². The van der Waals surface area contributed by atoms with Gasteiger partial charge in [-0.05, 0) is 47.9 Å². The third-order valence-corrected chi connectivity index (χ3v) is 4.41. The van der Waals surface area contributed by atoms with Gasteiger partial charge < -0.3 is 4.74 Å². The normalized spacial score (nSPS) is 12.4.